The molecular weight excluding hydrogens is 410 g/mol. The number of carbonyl (C=O) groups excluding carboxylic acids is 2. The molecule has 1 saturated carbocycles. The van der Waals surface area contributed by atoms with Crippen LogP contribution in [0.2, 0.25) is 0 Å². The second-order valence-electron chi connectivity index (χ2n) is 9.08. The summed E-state index contributed by atoms with van der Waals surface area (Å²) in [6, 6.07) is 6.29. The summed E-state index contributed by atoms with van der Waals surface area (Å²) in [4.78, 5) is 43.3. The van der Waals surface area contributed by atoms with Crippen molar-refractivity contribution in [2.24, 2.45) is 0 Å². The summed E-state index contributed by atoms with van der Waals surface area (Å²) in [6.07, 6.45) is 2.55. The average molecular weight is 440 g/mol. The first-order valence-corrected chi connectivity index (χ1v) is 11.0. The van der Waals surface area contributed by atoms with Gasteiger partial charge in [0.1, 0.15) is 0 Å². The number of nitrogens with zero attached hydrogens (tertiary/aromatic N) is 3. The fraction of sp³-hybridized carbons (Fsp3) is 0.500. The Kier molecular flexibility index (Phi) is 5.56. The minimum absolute atomic E-state index is 0.0977. The summed E-state index contributed by atoms with van der Waals surface area (Å²) < 4.78 is 7.48. The van der Waals surface area contributed by atoms with Crippen molar-refractivity contribution in [1.82, 2.24) is 14.5 Å². The fourth-order valence-corrected chi connectivity index (χ4v) is 5.29. The van der Waals surface area contributed by atoms with E-state index in [1.54, 1.807) is 11.6 Å². The monoisotopic (exact) mass is 439 g/mol. The van der Waals surface area contributed by atoms with Gasteiger partial charge in [0.05, 0.1) is 0 Å². The highest BCUT2D eigenvalue weighted by Crippen LogP contribution is 2.51. The Morgan fingerprint density at radius 2 is 1.75 bits per heavy atom. The van der Waals surface area contributed by atoms with E-state index in [1.165, 1.54) is 11.8 Å². The maximum Gasteiger partial charge on any atom is 0.316 e. The van der Waals surface area contributed by atoms with Gasteiger partial charge in [0.15, 0.2) is 17.6 Å². The number of amides is 1. The lowest BCUT2D eigenvalue weighted by atomic mass is 9.72. The highest BCUT2D eigenvalue weighted by molar-refractivity contribution is 5.95. The van der Waals surface area contributed by atoms with E-state index in [-0.39, 0.29) is 11.5 Å². The molecule has 170 valence electrons. The first-order chi connectivity index (χ1) is 15.1. The summed E-state index contributed by atoms with van der Waals surface area (Å²) in [5.41, 5.74) is 1.67. The van der Waals surface area contributed by atoms with Gasteiger partial charge in [-0.1, -0.05) is 42.2 Å². The van der Waals surface area contributed by atoms with Crippen LogP contribution in [0.4, 0.5) is 0 Å². The Morgan fingerprint density at radius 3 is 2.34 bits per heavy atom. The third-order valence-corrected chi connectivity index (χ3v) is 6.71. The van der Waals surface area contributed by atoms with E-state index in [9.17, 15) is 19.5 Å². The van der Waals surface area contributed by atoms with Crippen LogP contribution in [0.3, 0.4) is 0 Å². The van der Waals surface area contributed by atoms with Crippen molar-refractivity contribution in [3.8, 4) is 5.75 Å². The van der Waals surface area contributed by atoms with Gasteiger partial charge in [-0.05, 0) is 32.3 Å². The lowest BCUT2D eigenvalue weighted by molar-refractivity contribution is -0.151. The SMILES string of the molecule is CC(=O)OC(c1nc(=O)c(O)c2n1CCN(C)C2=O)C1(c2cc(C)cc(C)c2)CCCC1. The smallest absolute Gasteiger partial charge is 0.316 e. The van der Waals surface area contributed by atoms with Crippen LogP contribution in [0.5, 0.6) is 5.75 Å². The van der Waals surface area contributed by atoms with E-state index >= 15 is 0 Å². The molecule has 2 aromatic rings. The number of ether oxygens (including phenoxy) is 1. The molecule has 4 rings (SSSR count). The Hall–Kier alpha value is -3.16. The van der Waals surface area contributed by atoms with Gasteiger partial charge in [-0.15, -0.1) is 0 Å². The zero-order valence-corrected chi connectivity index (χ0v) is 19.0. The molecule has 1 amide bonds. The predicted molar refractivity (Wildman–Crippen MR) is 118 cm³/mol. The van der Waals surface area contributed by atoms with Crippen LogP contribution < -0.4 is 5.56 Å². The maximum absolute atomic E-state index is 12.8. The standard InChI is InChI=1S/C24H29N3O5/c1-14-11-15(2)13-17(12-14)24(7-5-6-8-24)20(32-16(3)28)21-25-22(30)19(29)18-23(31)26(4)9-10-27(18)21/h11-13,20,29H,5-10H2,1-4H3. The minimum Gasteiger partial charge on any atom is -0.501 e. The molecule has 1 fully saturated rings. The molecule has 8 heteroatoms. The molecule has 1 aliphatic heterocycles. The maximum atomic E-state index is 12.8. The number of likely N-dealkylation sites (N-methyl/N-ethyl adjacent to an activating group) is 1. The number of fused-ring (bicyclic) bond motifs is 1. The number of benzene rings is 1. The molecule has 0 spiro atoms. The van der Waals surface area contributed by atoms with Gasteiger partial charge in [0.25, 0.3) is 5.91 Å². The Morgan fingerprint density at radius 1 is 1.12 bits per heavy atom. The molecule has 0 saturated heterocycles. The van der Waals surface area contributed by atoms with Gasteiger partial charge in [-0.25, -0.2) is 0 Å². The normalized spacial score (nSPS) is 18.4. The zero-order valence-electron chi connectivity index (χ0n) is 19.0. The van der Waals surface area contributed by atoms with Gasteiger partial charge in [0, 0.05) is 32.5 Å². The summed E-state index contributed by atoms with van der Waals surface area (Å²) in [7, 11) is 1.62. The third-order valence-electron chi connectivity index (χ3n) is 6.71. The average Bonchev–Trinajstić information content (AvgIpc) is 3.21. The Balaban J connectivity index is 1.99. The quantitative estimate of drug-likeness (QED) is 0.735. The number of esters is 1. The summed E-state index contributed by atoms with van der Waals surface area (Å²) >= 11 is 0. The number of aromatic hydroxyl groups is 1. The van der Waals surface area contributed by atoms with Gasteiger partial charge in [-0.2, -0.15) is 4.98 Å². The Labute approximate surface area is 186 Å². The zero-order chi connectivity index (χ0) is 23.2. The predicted octanol–water partition coefficient (Wildman–Crippen LogP) is 2.77. The van der Waals surface area contributed by atoms with Crippen LogP contribution in [0.1, 0.15) is 71.7 Å². The first-order valence-electron chi connectivity index (χ1n) is 11.0. The van der Waals surface area contributed by atoms with Crippen molar-refractivity contribution < 1.29 is 19.4 Å². The molecule has 1 aromatic heterocycles. The number of rotatable bonds is 4. The van der Waals surface area contributed by atoms with Crippen LogP contribution in [0.25, 0.3) is 0 Å². The van der Waals surface area contributed by atoms with E-state index in [4.69, 9.17) is 4.74 Å². The molecule has 8 nitrogen and oxygen atoms in total. The van der Waals surface area contributed by atoms with Gasteiger partial charge in [0.2, 0.25) is 5.75 Å². The molecule has 2 aliphatic rings. The van der Waals surface area contributed by atoms with E-state index in [0.717, 1.165) is 42.4 Å². The molecule has 1 N–H and O–H groups in total. The molecule has 1 unspecified atom stereocenters. The van der Waals surface area contributed by atoms with Crippen LogP contribution in [-0.2, 0) is 21.5 Å². The molecule has 2 heterocycles. The number of hydrogen-bond donors (Lipinski definition) is 1. The van der Waals surface area contributed by atoms with Crippen LogP contribution in [0, 0.1) is 13.8 Å². The molecule has 0 radical (unpaired) electrons. The van der Waals surface area contributed by atoms with Crippen molar-refractivity contribution in [3.63, 3.8) is 0 Å². The van der Waals surface area contributed by atoms with E-state index < -0.39 is 34.7 Å². The van der Waals surface area contributed by atoms with Gasteiger partial charge >= 0.3 is 11.5 Å². The molecule has 32 heavy (non-hydrogen) atoms. The largest absolute Gasteiger partial charge is 0.501 e. The van der Waals surface area contributed by atoms with E-state index in [2.05, 4.69) is 23.2 Å². The summed E-state index contributed by atoms with van der Waals surface area (Å²) in [5, 5.41) is 10.4. The van der Waals surface area contributed by atoms with Crippen molar-refractivity contribution in [1.29, 1.82) is 0 Å². The molecule has 1 aromatic carbocycles. The molecule has 1 atom stereocenters. The number of hydrogen-bond acceptors (Lipinski definition) is 6. The van der Waals surface area contributed by atoms with Crippen molar-refractivity contribution in [2.45, 2.75) is 64.5 Å². The van der Waals surface area contributed by atoms with Crippen molar-refractivity contribution >= 4 is 11.9 Å². The van der Waals surface area contributed by atoms with E-state index in [0.29, 0.717) is 13.1 Å². The third kappa shape index (κ3) is 3.57. The summed E-state index contributed by atoms with van der Waals surface area (Å²) in [6.45, 7) is 6.13. The van der Waals surface area contributed by atoms with Crippen LogP contribution in [-0.4, -0.2) is 45.0 Å². The molecule has 1 aliphatic carbocycles. The van der Waals surface area contributed by atoms with Crippen molar-refractivity contribution in [2.75, 3.05) is 13.6 Å². The topological polar surface area (TPSA) is 102 Å². The summed E-state index contributed by atoms with van der Waals surface area (Å²) in [5.74, 6) is -1.39. The number of carbonyl (C=O) groups is 2. The Bertz CT molecular complexity index is 1130. The lowest BCUT2D eigenvalue weighted by Gasteiger charge is -2.39. The lowest BCUT2D eigenvalue weighted by Crippen LogP contribution is -2.44. The highest BCUT2D eigenvalue weighted by atomic mass is 16.5. The second-order valence-corrected chi connectivity index (χ2v) is 9.08. The highest BCUT2D eigenvalue weighted by Gasteiger charge is 2.49. The van der Waals surface area contributed by atoms with E-state index in [1.807, 2.05) is 13.8 Å². The fourth-order valence-electron chi connectivity index (χ4n) is 5.29. The molecule has 0 bridgehead atoms. The number of aromatic nitrogens is 2. The van der Waals surface area contributed by atoms with Gasteiger partial charge < -0.3 is 19.3 Å². The first kappa shape index (κ1) is 22.0. The van der Waals surface area contributed by atoms with Crippen LogP contribution in [0.15, 0.2) is 23.0 Å². The van der Waals surface area contributed by atoms with Crippen LogP contribution >= 0.6 is 0 Å². The van der Waals surface area contributed by atoms with Crippen molar-refractivity contribution in [3.05, 3.63) is 56.8 Å². The minimum atomic E-state index is -0.888. The number of aryl methyl sites for hydroxylation is 2. The molecular formula is C24H29N3O5. The second kappa shape index (κ2) is 8.07. The van der Waals surface area contributed by atoms with Gasteiger partial charge in [-0.3, -0.25) is 14.4 Å².